The van der Waals surface area contributed by atoms with Crippen molar-refractivity contribution in [1.29, 1.82) is 0 Å². The van der Waals surface area contributed by atoms with E-state index in [0.29, 0.717) is 29.2 Å². The van der Waals surface area contributed by atoms with Crippen molar-refractivity contribution in [3.8, 4) is 11.4 Å². The molecule has 0 aliphatic rings. The SMILES string of the molecule is CC(=O)c1cc(-n2c(C)cc(OC(O)c3ncc(F)cc3F)c(Cl)c2=O)c(C)cn1. The predicted octanol–water partition coefficient (Wildman–Crippen LogP) is 3.45. The van der Waals surface area contributed by atoms with Crippen molar-refractivity contribution in [3.05, 3.63) is 80.2 Å². The second-order valence-corrected chi connectivity index (χ2v) is 6.89. The number of pyridine rings is 3. The first-order valence-corrected chi connectivity index (χ1v) is 9.03. The summed E-state index contributed by atoms with van der Waals surface area (Å²) in [6.07, 6.45) is 0.252. The van der Waals surface area contributed by atoms with Crippen molar-refractivity contribution in [1.82, 2.24) is 14.5 Å². The molecule has 3 rings (SSSR count). The van der Waals surface area contributed by atoms with Crippen LogP contribution in [0.3, 0.4) is 0 Å². The van der Waals surface area contributed by atoms with Crippen LogP contribution in [0, 0.1) is 25.5 Å². The number of aryl methyl sites for hydroxylation is 2. The fraction of sp³-hybridized carbons (Fsp3) is 0.200. The molecule has 0 bridgehead atoms. The van der Waals surface area contributed by atoms with Gasteiger partial charge < -0.3 is 9.84 Å². The van der Waals surface area contributed by atoms with E-state index in [9.17, 15) is 23.5 Å². The lowest BCUT2D eigenvalue weighted by molar-refractivity contribution is -0.0258. The predicted molar refractivity (Wildman–Crippen MR) is 104 cm³/mol. The molecule has 1 N–H and O–H groups in total. The molecule has 0 spiro atoms. The van der Waals surface area contributed by atoms with Crippen molar-refractivity contribution >= 4 is 17.4 Å². The van der Waals surface area contributed by atoms with Gasteiger partial charge in [0.05, 0.1) is 11.9 Å². The van der Waals surface area contributed by atoms with Gasteiger partial charge in [-0.3, -0.25) is 19.1 Å². The first kappa shape index (κ1) is 21.5. The second-order valence-electron chi connectivity index (χ2n) is 6.51. The molecular weight excluding hydrogens is 420 g/mol. The van der Waals surface area contributed by atoms with Gasteiger partial charge in [0.25, 0.3) is 5.56 Å². The largest absolute Gasteiger partial charge is 0.457 e. The molecule has 0 amide bonds. The van der Waals surface area contributed by atoms with Gasteiger partial charge >= 0.3 is 0 Å². The van der Waals surface area contributed by atoms with E-state index < -0.39 is 29.2 Å². The second kappa shape index (κ2) is 8.29. The average molecular weight is 436 g/mol. The number of halogens is 3. The van der Waals surface area contributed by atoms with E-state index in [1.54, 1.807) is 13.8 Å². The highest BCUT2D eigenvalue weighted by Gasteiger charge is 2.22. The van der Waals surface area contributed by atoms with Gasteiger partial charge in [0, 0.05) is 30.9 Å². The summed E-state index contributed by atoms with van der Waals surface area (Å²) in [5.41, 5.74) is 0.306. The molecular formula is C20H16ClF2N3O4. The number of ether oxygens (including phenoxy) is 1. The van der Waals surface area contributed by atoms with Crippen molar-refractivity contribution in [3.63, 3.8) is 0 Å². The van der Waals surface area contributed by atoms with Gasteiger partial charge in [0.2, 0.25) is 6.29 Å². The topological polar surface area (TPSA) is 94.3 Å². The van der Waals surface area contributed by atoms with E-state index >= 15 is 0 Å². The van der Waals surface area contributed by atoms with Gasteiger partial charge in [-0.2, -0.15) is 0 Å². The summed E-state index contributed by atoms with van der Waals surface area (Å²) in [7, 11) is 0. The van der Waals surface area contributed by atoms with E-state index in [0.717, 1.165) is 0 Å². The van der Waals surface area contributed by atoms with Crippen LogP contribution in [-0.2, 0) is 0 Å². The molecule has 0 aromatic carbocycles. The molecule has 7 nitrogen and oxygen atoms in total. The Balaban J connectivity index is 2.05. The molecule has 0 saturated heterocycles. The fourth-order valence-corrected chi connectivity index (χ4v) is 2.98. The normalized spacial score (nSPS) is 12.0. The quantitative estimate of drug-likeness (QED) is 0.487. The third kappa shape index (κ3) is 4.07. The zero-order chi connectivity index (χ0) is 22.2. The lowest BCUT2D eigenvalue weighted by atomic mass is 10.1. The van der Waals surface area contributed by atoms with Crippen molar-refractivity contribution in [2.24, 2.45) is 0 Å². The Labute approximate surface area is 174 Å². The smallest absolute Gasteiger partial charge is 0.277 e. The number of carbonyl (C=O) groups is 1. The van der Waals surface area contributed by atoms with Crippen molar-refractivity contribution in [2.75, 3.05) is 0 Å². The van der Waals surface area contributed by atoms with Crippen LogP contribution in [0.5, 0.6) is 5.75 Å². The van der Waals surface area contributed by atoms with Crippen LogP contribution in [0.1, 0.15) is 40.7 Å². The zero-order valence-corrected chi connectivity index (χ0v) is 16.9. The Morgan fingerprint density at radius 2 is 1.90 bits per heavy atom. The van der Waals surface area contributed by atoms with Crippen molar-refractivity contribution in [2.45, 2.75) is 27.1 Å². The minimum absolute atomic E-state index is 0.173. The number of nitrogens with zero attached hydrogens (tertiary/aromatic N) is 3. The van der Waals surface area contributed by atoms with Crippen LogP contribution in [0.25, 0.3) is 5.69 Å². The lowest BCUT2D eigenvalue weighted by Crippen LogP contribution is -2.24. The molecule has 0 fully saturated rings. The van der Waals surface area contributed by atoms with E-state index in [2.05, 4.69) is 9.97 Å². The summed E-state index contributed by atoms with van der Waals surface area (Å²) in [6, 6.07) is 3.37. The van der Waals surface area contributed by atoms with E-state index in [1.807, 2.05) is 0 Å². The maximum atomic E-state index is 13.8. The minimum Gasteiger partial charge on any atom is -0.457 e. The molecule has 30 heavy (non-hydrogen) atoms. The average Bonchev–Trinajstić information content (AvgIpc) is 2.67. The molecule has 0 saturated carbocycles. The Morgan fingerprint density at radius 3 is 2.53 bits per heavy atom. The number of hydrogen-bond donors (Lipinski definition) is 1. The molecule has 3 heterocycles. The standard InChI is InChI=1S/C20H16ClF2N3O4/c1-9-7-24-14(11(3)27)6-15(9)26-10(2)4-16(17(21)19(26)28)30-20(29)18-13(23)5-12(22)8-25-18/h4-8,20,29H,1-3H3. The molecule has 3 aromatic rings. The number of carbonyl (C=O) groups excluding carboxylic acids is 1. The Bertz CT molecular complexity index is 1210. The summed E-state index contributed by atoms with van der Waals surface area (Å²) < 4.78 is 33.3. The first-order chi connectivity index (χ1) is 14.1. The highest BCUT2D eigenvalue weighted by atomic mass is 35.5. The number of rotatable bonds is 5. The molecule has 0 aliphatic carbocycles. The van der Waals surface area contributed by atoms with E-state index in [1.165, 1.54) is 29.8 Å². The third-order valence-corrected chi connectivity index (χ3v) is 4.63. The Kier molecular flexibility index (Phi) is 5.95. The van der Waals surface area contributed by atoms with Gasteiger partial charge in [-0.15, -0.1) is 0 Å². The number of hydrogen-bond acceptors (Lipinski definition) is 6. The summed E-state index contributed by atoms with van der Waals surface area (Å²) in [4.78, 5) is 32.0. The summed E-state index contributed by atoms with van der Waals surface area (Å²) in [6.45, 7) is 4.65. The van der Waals surface area contributed by atoms with Gasteiger partial charge in [0.15, 0.2) is 11.6 Å². The van der Waals surface area contributed by atoms with Crippen LogP contribution < -0.4 is 10.3 Å². The van der Waals surface area contributed by atoms with Gasteiger partial charge in [0.1, 0.15) is 28.0 Å². The van der Waals surface area contributed by atoms with E-state index in [4.69, 9.17) is 16.3 Å². The van der Waals surface area contributed by atoms with Crippen LogP contribution in [0.15, 0.2) is 35.4 Å². The molecule has 1 unspecified atom stereocenters. The minimum atomic E-state index is -1.93. The molecule has 10 heteroatoms. The monoisotopic (exact) mass is 435 g/mol. The Hall–Kier alpha value is -3.17. The molecule has 3 aromatic heterocycles. The van der Waals surface area contributed by atoms with Crippen LogP contribution in [-0.4, -0.2) is 25.4 Å². The number of aromatic nitrogens is 3. The summed E-state index contributed by atoms with van der Waals surface area (Å²) in [5.74, 6) is -2.53. The third-order valence-electron chi connectivity index (χ3n) is 4.29. The number of aliphatic hydroxyl groups excluding tert-OH is 1. The zero-order valence-electron chi connectivity index (χ0n) is 16.1. The maximum Gasteiger partial charge on any atom is 0.277 e. The molecule has 1 atom stereocenters. The van der Waals surface area contributed by atoms with Gasteiger partial charge in [-0.1, -0.05) is 11.6 Å². The highest BCUT2D eigenvalue weighted by Crippen LogP contribution is 2.28. The number of Topliss-reactive ketones (excluding diaryl/α,β-unsaturated/α-hetero) is 1. The summed E-state index contributed by atoms with van der Waals surface area (Å²) in [5, 5.41) is 9.73. The molecule has 0 radical (unpaired) electrons. The number of ketones is 1. The van der Waals surface area contributed by atoms with Gasteiger partial charge in [-0.05, 0) is 25.5 Å². The van der Waals surface area contributed by atoms with Crippen LogP contribution in [0.4, 0.5) is 8.78 Å². The maximum absolute atomic E-state index is 13.8. The number of aliphatic hydroxyl groups is 1. The Morgan fingerprint density at radius 1 is 1.20 bits per heavy atom. The lowest BCUT2D eigenvalue weighted by Gasteiger charge is -2.18. The highest BCUT2D eigenvalue weighted by molar-refractivity contribution is 6.31. The van der Waals surface area contributed by atoms with Crippen LogP contribution in [0.2, 0.25) is 5.02 Å². The molecule has 0 aliphatic heterocycles. The van der Waals surface area contributed by atoms with E-state index in [-0.39, 0.29) is 22.2 Å². The first-order valence-electron chi connectivity index (χ1n) is 8.66. The van der Waals surface area contributed by atoms with Crippen LogP contribution >= 0.6 is 11.6 Å². The molecule has 156 valence electrons. The van der Waals surface area contributed by atoms with Crippen molar-refractivity contribution < 1.29 is 23.4 Å². The fourth-order valence-electron chi connectivity index (χ4n) is 2.80. The van der Waals surface area contributed by atoms with Gasteiger partial charge in [-0.25, -0.2) is 13.8 Å². The summed E-state index contributed by atoms with van der Waals surface area (Å²) >= 11 is 6.15.